The Bertz CT molecular complexity index is 1160. The fourth-order valence-electron chi connectivity index (χ4n) is 3.78. The predicted molar refractivity (Wildman–Crippen MR) is 113 cm³/mol. The molecule has 0 saturated heterocycles. The van der Waals surface area contributed by atoms with Crippen LogP contribution in [-0.4, -0.2) is 5.91 Å². The highest BCUT2D eigenvalue weighted by molar-refractivity contribution is 6.42. The Morgan fingerprint density at radius 2 is 1.67 bits per heavy atom. The molecule has 1 aliphatic rings. The first-order chi connectivity index (χ1) is 14.1. The van der Waals surface area contributed by atoms with Gasteiger partial charge in [-0.15, -0.1) is 0 Å². The van der Waals surface area contributed by atoms with Crippen molar-refractivity contribution in [3.05, 3.63) is 87.4 Å². The number of carbonyl (C=O) groups is 1. The maximum atomic E-state index is 13.1. The minimum atomic E-state index is -4.42. The third-order valence-corrected chi connectivity index (χ3v) is 6.17. The van der Waals surface area contributed by atoms with Crippen molar-refractivity contribution in [1.29, 1.82) is 0 Å². The Morgan fingerprint density at radius 3 is 2.37 bits per heavy atom. The molecule has 1 N–H and O–H groups in total. The van der Waals surface area contributed by atoms with Crippen molar-refractivity contribution in [3.63, 3.8) is 0 Å². The summed E-state index contributed by atoms with van der Waals surface area (Å²) < 4.78 is 39.3. The SMILES string of the molecule is CC1(Cc2ccc(Cl)c(Cl)c2)C(=O)Nc2ccc(-c3cccc(C(F)(F)F)c3)cc21. The molecule has 0 bridgehead atoms. The van der Waals surface area contributed by atoms with Crippen molar-refractivity contribution in [2.75, 3.05) is 5.32 Å². The molecule has 0 aromatic heterocycles. The molecule has 7 heteroatoms. The number of fused-ring (bicyclic) bond motifs is 1. The highest BCUT2D eigenvalue weighted by Gasteiger charge is 2.43. The fraction of sp³-hybridized carbons (Fsp3) is 0.174. The lowest BCUT2D eigenvalue weighted by atomic mass is 9.77. The first-order valence-corrected chi connectivity index (χ1v) is 9.91. The Balaban J connectivity index is 1.75. The average molecular weight is 450 g/mol. The third kappa shape index (κ3) is 3.68. The van der Waals surface area contributed by atoms with Gasteiger partial charge < -0.3 is 5.32 Å². The standard InChI is InChI=1S/C23H16Cl2F3NO/c1-22(12-13-5-7-18(24)19(25)9-13)17-11-15(6-8-20(17)29-21(22)30)14-3-2-4-16(10-14)23(26,27)28/h2-11H,12H2,1H3,(H,29,30). The summed E-state index contributed by atoms with van der Waals surface area (Å²) in [6, 6.07) is 15.6. The summed E-state index contributed by atoms with van der Waals surface area (Å²) in [7, 11) is 0. The lowest BCUT2D eigenvalue weighted by Crippen LogP contribution is -2.33. The van der Waals surface area contributed by atoms with E-state index in [9.17, 15) is 18.0 Å². The normalized spacial score (nSPS) is 18.3. The van der Waals surface area contributed by atoms with Crippen LogP contribution in [0.1, 0.15) is 23.6 Å². The van der Waals surface area contributed by atoms with E-state index in [4.69, 9.17) is 23.2 Å². The van der Waals surface area contributed by atoms with E-state index >= 15 is 0 Å². The zero-order valence-corrected chi connectivity index (χ0v) is 17.3. The second-order valence-electron chi connectivity index (χ2n) is 7.55. The molecule has 3 aromatic rings. The van der Waals surface area contributed by atoms with Gasteiger partial charge >= 0.3 is 6.18 Å². The molecule has 3 aromatic carbocycles. The van der Waals surface area contributed by atoms with E-state index in [0.29, 0.717) is 33.3 Å². The van der Waals surface area contributed by atoms with E-state index in [1.165, 1.54) is 6.07 Å². The molecule has 1 unspecified atom stereocenters. The van der Waals surface area contributed by atoms with E-state index in [-0.39, 0.29) is 5.91 Å². The number of benzene rings is 3. The van der Waals surface area contributed by atoms with Crippen molar-refractivity contribution in [2.24, 2.45) is 0 Å². The fourth-order valence-corrected chi connectivity index (χ4v) is 4.10. The molecule has 0 fully saturated rings. The van der Waals surface area contributed by atoms with Gasteiger partial charge in [0.25, 0.3) is 0 Å². The van der Waals surface area contributed by atoms with Crippen LogP contribution >= 0.6 is 23.2 Å². The highest BCUT2D eigenvalue weighted by atomic mass is 35.5. The second-order valence-corrected chi connectivity index (χ2v) is 8.36. The van der Waals surface area contributed by atoms with Crippen LogP contribution < -0.4 is 5.32 Å². The number of carbonyl (C=O) groups excluding carboxylic acids is 1. The summed E-state index contributed by atoms with van der Waals surface area (Å²) in [4.78, 5) is 12.8. The molecule has 0 saturated carbocycles. The molecule has 1 amide bonds. The van der Waals surface area contributed by atoms with E-state index in [1.807, 2.05) is 6.92 Å². The molecule has 0 radical (unpaired) electrons. The molecule has 30 heavy (non-hydrogen) atoms. The minimum absolute atomic E-state index is 0.176. The highest BCUT2D eigenvalue weighted by Crippen LogP contribution is 2.43. The number of halogens is 5. The van der Waals surface area contributed by atoms with Crippen LogP contribution in [0.3, 0.4) is 0 Å². The van der Waals surface area contributed by atoms with Crippen LogP contribution in [0.5, 0.6) is 0 Å². The predicted octanol–water partition coefficient (Wildman–Crippen LogP) is 7.13. The van der Waals surface area contributed by atoms with Crippen LogP contribution in [0, 0.1) is 0 Å². The summed E-state index contributed by atoms with van der Waals surface area (Å²) >= 11 is 12.1. The van der Waals surface area contributed by atoms with Crippen molar-refractivity contribution in [3.8, 4) is 11.1 Å². The molecule has 4 rings (SSSR count). The van der Waals surface area contributed by atoms with E-state index in [2.05, 4.69) is 5.32 Å². The molecule has 1 aliphatic heterocycles. The topological polar surface area (TPSA) is 29.1 Å². The quantitative estimate of drug-likeness (QED) is 0.452. The molecule has 2 nitrogen and oxygen atoms in total. The Kier molecular flexibility index (Phi) is 5.07. The Morgan fingerprint density at radius 1 is 0.933 bits per heavy atom. The number of rotatable bonds is 3. The average Bonchev–Trinajstić information content (AvgIpc) is 2.94. The molecule has 0 spiro atoms. The van der Waals surface area contributed by atoms with Gasteiger partial charge in [0.1, 0.15) is 0 Å². The maximum absolute atomic E-state index is 13.1. The second kappa shape index (κ2) is 7.33. The van der Waals surface area contributed by atoms with Gasteiger partial charge in [0.15, 0.2) is 0 Å². The van der Waals surface area contributed by atoms with Gasteiger partial charge in [-0.1, -0.05) is 47.5 Å². The van der Waals surface area contributed by atoms with Gasteiger partial charge in [0.2, 0.25) is 5.91 Å². The maximum Gasteiger partial charge on any atom is 0.416 e. The van der Waals surface area contributed by atoms with E-state index in [0.717, 1.165) is 23.3 Å². The van der Waals surface area contributed by atoms with Crippen molar-refractivity contribution in [2.45, 2.75) is 24.9 Å². The molecule has 154 valence electrons. The number of amides is 1. The molecular formula is C23H16Cl2F3NO. The van der Waals surface area contributed by atoms with Gasteiger partial charge in [-0.2, -0.15) is 13.2 Å². The zero-order chi connectivity index (χ0) is 21.7. The zero-order valence-electron chi connectivity index (χ0n) is 15.8. The summed E-state index contributed by atoms with van der Waals surface area (Å²) in [6.07, 6.45) is -4.05. The van der Waals surface area contributed by atoms with Crippen molar-refractivity contribution < 1.29 is 18.0 Å². The number of hydrogen-bond donors (Lipinski definition) is 1. The van der Waals surface area contributed by atoms with Crippen LogP contribution in [0.15, 0.2) is 60.7 Å². The monoisotopic (exact) mass is 449 g/mol. The minimum Gasteiger partial charge on any atom is -0.325 e. The molecule has 1 atom stereocenters. The third-order valence-electron chi connectivity index (χ3n) is 5.43. The van der Waals surface area contributed by atoms with Crippen molar-refractivity contribution >= 4 is 34.8 Å². The summed E-state index contributed by atoms with van der Waals surface area (Å²) in [6.45, 7) is 1.81. The lowest BCUT2D eigenvalue weighted by molar-refractivity contribution is -0.137. The summed E-state index contributed by atoms with van der Waals surface area (Å²) in [5.41, 5.74) is 1.64. The first-order valence-electron chi connectivity index (χ1n) is 9.15. The van der Waals surface area contributed by atoms with E-state index < -0.39 is 17.2 Å². The number of nitrogens with one attached hydrogen (secondary N) is 1. The van der Waals surface area contributed by atoms with Crippen molar-refractivity contribution in [1.82, 2.24) is 0 Å². The molecule has 1 heterocycles. The number of alkyl halides is 3. The smallest absolute Gasteiger partial charge is 0.325 e. The molecular weight excluding hydrogens is 434 g/mol. The van der Waals surface area contributed by atoms with Gasteiger partial charge in [-0.05, 0) is 72.0 Å². The summed E-state index contributed by atoms with van der Waals surface area (Å²) in [5.74, 6) is -0.176. The summed E-state index contributed by atoms with van der Waals surface area (Å²) in [5, 5.41) is 3.69. The first kappa shape index (κ1) is 20.8. The van der Waals surface area contributed by atoms with Crippen LogP contribution in [0.2, 0.25) is 10.0 Å². The lowest BCUT2D eigenvalue weighted by Gasteiger charge is -2.23. The van der Waals surface area contributed by atoms with Gasteiger partial charge in [0, 0.05) is 5.69 Å². The molecule has 0 aliphatic carbocycles. The van der Waals surface area contributed by atoms with Gasteiger partial charge in [0.05, 0.1) is 21.0 Å². The number of hydrogen-bond acceptors (Lipinski definition) is 1. The Hall–Kier alpha value is -2.50. The van der Waals surface area contributed by atoms with E-state index in [1.54, 1.807) is 42.5 Å². The van der Waals surface area contributed by atoms with Crippen LogP contribution in [0.4, 0.5) is 18.9 Å². The van der Waals surface area contributed by atoms with Gasteiger partial charge in [-0.25, -0.2) is 0 Å². The largest absolute Gasteiger partial charge is 0.416 e. The Labute approximate surface area is 181 Å². The number of anilines is 1. The van der Waals surface area contributed by atoms with Gasteiger partial charge in [-0.3, -0.25) is 4.79 Å². The van der Waals surface area contributed by atoms with Crippen LogP contribution in [0.25, 0.3) is 11.1 Å². The van der Waals surface area contributed by atoms with Crippen LogP contribution in [-0.2, 0) is 22.8 Å².